The molecule has 1 amide bonds. The van der Waals surface area contributed by atoms with Crippen LogP contribution in [0.3, 0.4) is 0 Å². The van der Waals surface area contributed by atoms with Crippen molar-refractivity contribution in [1.82, 2.24) is 4.90 Å². The molecule has 0 spiro atoms. The maximum Gasteiger partial charge on any atom is 0.261 e. The van der Waals surface area contributed by atoms with E-state index in [2.05, 4.69) is 25.5 Å². The summed E-state index contributed by atoms with van der Waals surface area (Å²) < 4.78 is 27.9. The zero-order chi connectivity index (χ0) is 20.4. The van der Waals surface area contributed by atoms with Gasteiger partial charge >= 0.3 is 0 Å². The minimum atomic E-state index is -3.65. The number of nitrogens with one attached hydrogen (secondary N) is 1. The molecule has 28 heavy (non-hydrogen) atoms. The van der Waals surface area contributed by atoms with Gasteiger partial charge in [-0.2, -0.15) is 0 Å². The standard InChI is InChI=1S/C22H28N2O3S/c1-22(2,3)18-8-12-20(13-9-18)28(26,27)23-19-10-6-17(7-11-19)16-21(25)24-14-4-5-15-24/h6-13,23H,4-5,14-16H2,1-3H3. The molecule has 0 saturated carbocycles. The second-order valence-corrected chi connectivity index (χ2v) is 10.0. The molecule has 150 valence electrons. The lowest BCUT2D eigenvalue weighted by Crippen LogP contribution is -2.29. The van der Waals surface area contributed by atoms with Crippen LogP contribution in [-0.4, -0.2) is 32.3 Å². The Bertz CT molecular complexity index is 921. The highest BCUT2D eigenvalue weighted by Gasteiger charge is 2.19. The highest BCUT2D eigenvalue weighted by molar-refractivity contribution is 7.92. The van der Waals surface area contributed by atoms with Gasteiger partial charge in [-0.1, -0.05) is 45.0 Å². The van der Waals surface area contributed by atoms with Crippen LogP contribution < -0.4 is 4.72 Å². The van der Waals surface area contributed by atoms with Crippen LogP contribution >= 0.6 is 0 Å². The van der Waals surface area contributed by atoms with Crippen molar-refractivity contribution < 1.29 is 13.2 Å². The lowest BCUT2D eigenvalue weighted by molar-refractivity contribution is -0.129. The summed E-state index contributed by atoms with van der Waals surface area (Å²) in [5.41, 5.74) is 2.42. The Morgan fingerprint density at radius 2 is 1.54 bits per heavy atom. The Morgan fingerprint density at radius 1 is 0.964 bits per heavy atom. The van der Waals surface area contributed by atoms with Crippen molar-refractivity contribution in [2.24, 2.45) is 0 Å². The number of likely N-dealkylation sites (tertiary alicyclic amines) is 1. The van der Waals surface area contributed by atoms with Crippen molar-refractivity contribution in [2.45, 2.75) is 50.3 Å². The Labute approximate surface area is 167 Å². The van der Waals surface area contributed by atoms with Crippen LogP contribution in [0.25, 0.3) is 0 Å². The van der Waals surface area contributed by atoms with Gasteiger partial charge in [0.15, 0.2) is 0 Å². The van der Waals surface area contributed by atoms with Crippen LogP contribution in [0.5, 0.6) is 0 Å². The number of hydrogen-bond acceptors (Lipinski definition) is 3. The van der Waals surface area contributed by atoms with Crippen LogP contribution in [0.1, 0.15) is 44.7 Å². The minimum absolute atomic E-state index is 0.0297. The molecule has 5 nitrogen and oxygen atoms in total. The van der Waals surface area contributed by atoms with Crippen molar-refractivity contribution in [3.05, 3.63) is 59.7 Å². The van der Waals surface area contributed by atoms with Gasteiger partial charge in [-0.3, -0.25) is 9.52 Å². The molecule has 6 heteroatoms. The first-order chi connectivity index (χ1) is 13.1. The van der Waals surface area contributed by atoms with E-state index in [0.717, 1.165) is 37.1 Å². The summed E-state index contributed by atoms with van der Waals surface area (Å²) in [6.45, 7) is 7.94. The van der Waals surface area contributed by atoms with E-state index in [9.17, 15) is 13.2 Å². The van der Waals surface area contributed by atoms with Gasteiger partial charge in [0.2, 0.25) is 5.91 Å². The van der Waals surface area contributed by atoms with E-state index in [4.69, 9.17) is 0 Å². The number of rotatable bonds is 5. The topological polar surface area (TPSA) is 66.5 Å². The van der Waals surface area contributed by atoms with E-state index in [0.29, 0.717) is 12.1 Å². The van der Waals surface area contributed by atoms with Crippen molar-refractivity contribution >= 4 is 21.6 Å². The number of carbonyl (C=O) groups excluding carboxylic acids is 1. The molecule has 0 bridgehead atoms. The first-order valence-electron chi connectivity index (χ1n) is 9.65. The Morgan fingerprint density at radius 3 is 2.07 bits per heavy atom. The summed E-state index contributed by atoms with van der Waals surface area (Å²) in [5, 5.41) is 0. The fraction of sp³-hybridized carbons (Fsp3) is 0.409. The number of carbonyl (C=O) groups is 1. The van der Waals surface area contributed by atoms with Gasteiger partial charge in [0.25, 0.3) is 10.0 Å². The van der Waals surface area contributed by atoms with Crippen LogP contribution in [0.2, 0.25) is 0 Å². The number of nitrogens with zero attached hydrogens (tertiary/aromatic N) is 1. The van der Waals surface area contributed by atoms with Crippen molar-refractivity contribution in [3.63, 3.8) is 0 Å². The quantitative estimate of drug-likeness (QED) is 0.826. The molecule has 1 aliphatic heterocycles. The second-order valence-electron chi connectivity index (χ2n) is 8.34. The van der Waals surface area contributed by atoms with Gasteiger partial charge in [-0.15, -0.1) is 0 Å². The molecular formula is C22H28N2O3S. The molecule has 1 aliphatic rings. The predicted octanol–water partition coefficient (Wildman–Crippen LogP) is 3.95. The summed E-state index contributed by atoms with van der Waals surface area (Å²) in [7, 11) is -3.65. The average molecular weight is 401 g/mol. The van der Waals surface area contributed by atoms with Crippen LogP contribution in [-0.2, 0) is 26.7 Å². The Kier molecular flexibility index (Phi) is 5.79. The highest BCUT2D eigenvalue weighted by Crippen LogP contribution is 2.24. The second kappa shape index (κ2) is 7.95. The fourth-order valence-corrected chi connectivity index (χ4v) is 4.35. The van der Waals surface area contributed by atoms with E-state index in [1.54, 1.807) is 36.4 Å². The van der Waals surface area contributed by atoms with Gasteiger partial charge in [0.1, 0.15) is 0 Å². The smallest absolute Gasteiger partial charge is 0.261 e. The summed E-state index contributed by atoms with van der Waals surface area (Å²) in [5.74, 6) is 0.129. The van der Waals surface area contributed by atoms with Crippen molar-refractivity contribution in [1.29, 1.82) is 0 Å². The molecule has 0 atom stereocenters. The molecule has 0 aliphatic carbocycles. The van der Waals surface area contributed by atoms with Crippen LogP contribution in [0.4, 0.5) is 5.69 Å². The first kappa shape index (κ1) is 20.4. The number of sulfonamides is 1. The van der Waals surface area contributed by atoms with Gasteiger partial charge in [-0.05, 0) is 53.6 Å². The third kappa shape index (κ3) is 4.93. The molecule has 3 rings (SSSR count). The van der Waals surface area contributed by atoms with E-state index in [-0.39, 0.29) is 16.2 Å². The Balaban J connectivity index is 1.66. The molecule has 0 unspecified atom stereocenters. The third-order valence-corrected chi connectivity index (χ3v) is 6.45. The maximum absolute atomic E-state index is 12.6. The lowest BCUT2D eigenvalue weighted by atomic mass is 9.87. The molecule has 1 fully saturated rings. The largest absolute Gasteiger partial charge is 0.342 e. The normalized spacial score (nSPS) is 14.9. The van der Waals surface area contributed by atoms with Crippen LogP contribution in [0.15, 0.2) is 53.4 Å². The molecule has 1 saturated heterocycles. The lowest BCUT2D eigenvalue weighted by Gasteiger charge is -2.19. The zero-order valence-corrected chi connectivity index (χ0v) is 17.6. The average Bonchev–Trinajstić information content (AvgIpc) is 3.17. The molecule has 2 aromatic rings. The number of anilines is 1. The number of hydrogen-bond donors (Lipinski definition) is 1. The molecule has 1 heterocycles. The van der Waals surface area contributed by atoms with Crippen molar-refractivity contribution in [2.75, 3.05) is 17.8 Å². The summed E-state index contributed by atoms with van der Waals surface area (Å²) in [6, 6.07) is 14.0. The zero-order valence-electron chi connectivity index (χ0n) is 16.7. The molecule has 1 N–H and O–H groups in total. The summed E-state index contributed by atoms with van der Waals surface area (Å²) in [4.78, 5) is 14.3. The van der Waals surface area contributed by atoms with Gasteiger partial charge in [0.05, 0.1) is 11.3 Å². The monoisotopic (exact) mass is 400 g/mol. The highest BCUT2D eigenvalue weighted by atomic mass is 32.2. The number of benzene rings is 2. The van der Waals surface area contributed by atoms with E-state index in [1.807, 2.05) is 17.0 Å². The molecule has 0 aromatic heterocycles. The van der Waals surface area contributed by atoms with Gasteiger partial charge < -0.3 is 4.90 Å². The van der Waals surface area contributed by atoms with Crippen LogP contribution in [0, 0.1) is 0 Å². The molecular weight excluding hydrogens is 372 g/mol. The molecule has 0 radical (unpaired) electrons. The predicted molar refractivity (Wildman–Crippen MR) is 112 cm³/mol. The van der Waals surface area contributed by atoms with Gasteiger partial charge in [0, 0.05) is 18.8 Å². The van der Waals surface area contributed by atoms with E-state index < -0.39 is 10.0 Å². The molecule has 2 aromatic carbocycles. The fourth-order valence-electron chi connectivity index (χ4n) is 3.29. The number of amides is 1. The summed E-state index contributed by atoms with van der Waals surface area (Å²) >= 11 is 0. The van der Waals surface area contributed by atoms with E-state index >= 15 is 0 Å². The first-order valence-corrected chi connectivity index (χ1v) is 11.1. The minimum Gasteiger partial charge on any atom is -0.342 e. The maximum atomic E-state index is 12.6. The summed E-state index contributed by atoms with van der Waals surface area (Å²) in [6.07, 6.45) is 2.49. The Hall–Kier alpha value is -2.34. The van der Waals surface area contributed by atoms with Crippen molar-refractivity contribution in [3.8, 4) is 0 Å². The SMILES string of the molecule is CC(C)(C)c1ccc(S(=O)(=O)Nc2ccc(CC(=O)N3CCCC3)cc2)cc1. The van der Waals surface area contributed by atoms with E-state index in [1.165, 1.54) is 0 Å². The van der Waals surface area contributed by atoms with Gasteiger partial charge in [-0.25, -0.2) is 8.42 Å². The third-order valence-electron chi connectivity index (χ3n) is 5.05.